The van der Waals surface area contributed by atoms with Crippen LogP contribution in [-0.4, -0.2) is 5.91 Å². The Labute approximate surface area is 146 Å². The smallest absolute Gasteiger partial charge is 0.322 e. The van der Waals surface area contributed by atoms with Gasteiger partial charge in [0.15, 0.2) is 0 Å². The second-order valence-corrected chi connectivity index (χ2v) is 5.83. The molecule has 126 valence electrons. The summed E-state index contributed by atoms with van der Waals surface area (Å²) >= 11 is 11.8. The molecule has 0 spiro atoms. The second kappa shape index (κ2) is 7.28. The zero-order valence-electron chi connectivity index (χ0n) is 12.4. The van der Waals surface area contributed by atoms with E-state index in [4.69, 9.17) is 23.2 Å². The van der Waals surface area contributed by atoms with Gasteiger partial charge in [-0.3, -0.25) is 4.79 Å². The second-order valence-electron chi connectivity index (χ2n) is 5.02. The lowest BCUT2D eigenvalue weighted by Gasteiger charge is -2.08. The first kappa shape index (κ1) is 18.4. The van der Waals surface area contributed by atoms with Crippen molar-refractivity contribution in [1.82, 2.24) is 0 Å². The van der Waals surface area contributed by atoms with Gasteiger partial charge in [-0.15, -0.1) is 0 Å². The Morgan fingerprint density at radius 3 is 2.42 bits per heavy atom. The van der Waals surface area contributed by atoms with Crippen LogP contribution in [0.4, 0.5) is 18.9 Å². The summed E-state index contributed by atoms with van der Waals surface area (Å²) in [7, 11) is 0. The summed E-state index contributed by atoms with van der Waals surface area (Å²) in [5, 5.41) is 3.18. The highest BCUT2D eigenvalue weighted by molar-refractivity contribution is 6.32. The fourth-order valence-electron chi connectivity index (χ4n) is 1.87. The molecule has 0 aromatic heterocycles. The molecule has 0 radical (unpaired) electrons. The molecule has 24 heavy (non-hydrogen) atoms. The van der Waals surface area contributed by atoms with E-state index < -0.39 is 17.6 Å². The minimum atomic E-state index is -4.48. The van der Waals surface area contributed by atoms with Gasteiger partial charge in [0, 0.05) is 21.8 Å². The number of anilines is 1. The van der Waals surface area contributed by atoms with E-state index in [1.807, 2.05) is 6.92 Å². The van der Waals surface area contributed by atoms with E-state index in [9.17, 15) is 18.0 Å². The van der Waals surface area contributed by atoms with Crippen molar-refractivity contribution < 1.29 is 18.0 Å². The molecule has 0 aliphatic rings. The third-order valence-corrected chi connectivity index (χ3v) is 3.93. The Morgan fingerprint density at radius 2 is 1.79 bits per heavy atom. The zero-order valence-corrected chi connectivity index (χ0v) is 13.9. The summed E-state index contributed by atoms with van der Waals surface area (Å²) < 4.78 is 38.1. The Kier molecular flexibility index (Phi) is 5.57. The Balaban J connectivity index is 2.15. The molecule has 0 fully saturated rings. The molecule has 0 saturated heterocycles. The van der Waals surface area contributed by atoms with E-state index in [2.05, 4.69) is 5.32 Å². The van der Waals surface area contributed by atoms with E-state index in [0.717, 1.165) is 29.8 Å². The first-order valence-electron chi connectivity index (χ1n) is 6.79. The Hall–Kier alpha value is -1.98. The van der Waals surface area contributed by atoms with Crippen LogP contribution in [0.15, 0.2) is 42.5 Å². The molecule has 0 heterocycles. The molecule has 0 saturated carbocycles. The van der Waals surface area contributed by atoms with E-state index in [0.29, 0.717) is 10.7 Å². The summed E-state index contributed by atoms with van der Waals surface area (Å²) in [6.07, 6.45) is -2.15. The lowest BCUT2D eigenvalue weighted by Crippen LogP contribution is -2.08. The van der Waals surface area contributed by atoms with Crippen molar-refractivity contribution in [2.24, 2.45) is 0 Å². The van der Waals surface area contributed by atoms with E-state index in [-0.39, 0.29) is 10.6 Å². The molecule has 1 amide bonds. The van der Waals surface area contributed by atoms with E-state index in [1.165, 1.54) is 6.08 Å². The number of carbonyl (C=O) groups excluding carboxylic acids is 1. The molecular weight excluding hydrogens is 362 g/mol. The molecule has 0 aliphatic carbocycles. The predicted octanol–water partition coefficient (Wildman–Crippen LogP) is 5.97. The van der Waals surface area contributed by atoms with E-state index >= 15 is 0 Å². The van der Waals surface area contributed by atoms with Crippen LogP contribution in [0.1, 0.15) is 16.7 Å². The van der Waals surface area contributed by atoms with Gasteiger partial charge < -0.3 is 5.32 Å². The first-order chi connectivity index (χ1) is 11.2. The van der Waals surface area contributed by atoms with Gasteiger partial charge in [0.05, 0.1) is 5.56 Å². The fourth-order valence-corrected chi connectivity index (χ4v) is 2.23. The Bertz CT molecular complexity index is 801. The van der Waals surface area contributed by atoms with Crippen LogP contribution in [0, 0.1) is 6.92 Å². The lowest BCUT2D eigenvalue weighted by molar-refractivity contribution is -0.137. The number of hydrogen-bond acceptors (Lipinski definition) is 1. The number of benzene rings is 2. The van der Waals surface area contributed by atoms with E-state index in [1.54, 1.807) is 18.2 Å². The predicted molar refractivity (Wildman–Crippen MR) is 90.3 cm³/mol. The monoisotopic (exact) mass is 373 g/mol. The van der Waals surface area contributed by atoms with Crippen molar-refractivity contribution in [3.63, 3.8) is 0 Å². The highest BCUT2D eigenvalue weighted by atomic mass is 35.5. The highest BCUT2D eigenvalue weighted by Gasteiger charge is 2.30. The van der Waals surface area contributed by atoms with Crippen LogP contribution in [0.2, 0.25) is 10.0 Å². The highest BCUT2D eigenvalue weighted by Crippen LogP contribution is 2.32. The number of aryl methyl sites for hydroxylation is 1. The van der Waals surface area contributed by atoms with Gasteiger partial charge in [0.1, 0.15) is 0 Å². The maximum absolute atomic E-state index is 12.7. The molecule has 1 N–H and O–H groups in total. The lowest BCUT2D eigenvalue weighted by atomic mass is 10.1. The van der Waals surface area contributed by atoms with Gasteiger partial charge in [-0.25, -0.2) is 0 Å². The van der Waals surface area contributed by atoms with Gasteiger partial charge in [-0.05, 0) is 54.5 Å². The molecule has 0 aliphatic heterocycles. The summed E-state index contributed by atoms with van der Waals surface area (Å²) in [6.45, 7) is 1.82. The zero-order chi connectivity index (χ0) is 17.9. The number of rotatable bonds is 3. The maximum atomic E-state index is 12.7. The molecule has 0 atom stereocenters. The topological polar surface area (TPSA) is 29.1 Å². The van der Waals surface area contributed by atoms with Crippen LogP contribution in [0.5, 0.6) is 0 Å². The minimum Gasteiger partial charge on any atom is -0.322 e. The number of carbonyl (C=O) groups is 1. The quantitative estimate of drug-likeness (QED) is 0.659. The summed E-state index contributed by atoms with van der Waals surface area (Å²) in [6, 6.07) is 7.90. The van der Waals surface area contributed by atoms with Crippen LogP contribution in [-0.2, 0) is 11.0 Å². The molecule has 2 aromatic rings. The number of nitrogens with one attached hydrogen (secondary N) is 1. The van der Waals surface area contributed by atoms with Gasteiger partial charge >= 0.3 is 6.18 Å². The van der Waals surface area contributed by atoms with Crippen molar-refractivity contribution in [3.05, 3.63) is 69.2 Å². The summed E-state index contributed by atoms with van der Waals surface area (Å²) in [5.41, 5.74) is 0.609. The van der Waals surface area contributed by atoms with Crippen molar-refractivity contribution in [1.29, 1.82) is 0 Å². The van der Waals surface area contributed by atoms with Crippen molar-refractivity contribution in [3.8, 4) is 0 Å². The standard InChI is InChI=1S/C17H12Cl2F3NO/c1-10-2-5-13(9-15(10)19)23-16(24)7-3-11-8-12(17(20,21)22)4-6-14(11)18/h2-9H,1H3,(H,23,24)/b7-3+. The van der Waals surface area contributed by atoms with Gasteiger partial charge in [0.25, 0.3) is 0 Å². The van der Waals surface area contributed by atoms with Crippen molar-refractivity contribution in [2.75, 3.05) is 5.32 Å². The molecule has 2 aromatic carbocycles. The normalized spacial score (nSPS) is 11.8. The minimum absolute atomic E-state index is 0.101. The van der Waals surface area contributed by atoms with Crippen LogP contribution >= 0.6 is 23.2 Å². The van der Waals surface area contributed by atoms with Gasteiger partial charge in [-0.1, -0.05) is 29.3 Å². The molecular formula is C17H12Cl2F3NO. The summed E-state index contributed by atoms with van der Waals surface area (Å²) in [4.78, 5) is 11.9. The average Bonchev–Trinajstić information content (AvgIpc) is 2.49. The molecule has 2 nitrogen and oxygen atoms in total. The largest absolute Gasteiger partial charge is 0.416 e. The average molecular weight is 374 g/mol. The van der Waals surface area contributed by atoms with Crippen molar-refractivity contribution in [2.45, 2.75) is 13.1 Å². The van der Waals surface area contributed by atoms with Crippen LogP contribution in [0.3, 0.4) is 0 Å². The maximum Gasteiger partial charge on any atom is 0.416 e. The number of hydrogen-bond donors (Lipinski definition) is 1. The number of halogens is 5. The number of alkyl halides is 3. The fraction of sp³-hybridized carbons (Fsp3) is 0.118. The SMILES string of the molecule is Cc1ccc(NC(=O)/C=C/c2cc(C(F)(F)F)ccc2Cl)cc1Cl. The Morgan fingerprint density at radius 1 is 1.08 bits per heavy atom. The molecule has 0 bridgehead atoms. The molecule has 7 heteroatoms. The molecule has 2 rings (SSSR count). The van der Waals surface area contributed by atoms with Crippen molar-refractivity contribution >= 4 is 40.9 Å². The third kappa shape index (κ3) is 4.76. The van der Waals surface area contributed by atoms with Crippen LogP contribution in [0.25, 0.3) is 6.08 Å². The van der Waals surface area contributed by atoms with Crippen LogP contribution < -0.4 is 5.32 Å². The van der Waals surface area contributed by atoms with Gasteiger partial charge in [-0.2, -0.15) is 13.2 Å². The first-order valence-corrected chi connectivity index (χ1v) is 7.54. The number of amides is 1. The molecule has 0 unspecified atom stereocenters. The summed E-state index contributed by atoms with van der Waals surface area (Å²) in [5.74, 6) is -0.511. The third-order valence-electron chi connectivity index (χ3n) is 3.18. The van der Waals surface area contributed by atoms with Gasteiger partial charge in [0.2, 0.25) is 5.91 Å².